The van der Waals surface area contributed by atoms with Crippen molar-refractivity contribution in [2.45, 2.75) is 13.8 Å². The van der Waals surface area contributed by atoms with Crippen molar-refractivity contribution >= 4 is 23.4 Å². The lowest BCUT2D eigenvalue weighted by atomic mass is 10.1. The number of ether oxygens (including phenoxy) is 1. The predicted molar refractivity (Wildman–Crippen MR) is 108 cm³/mol. The summed E-state index contributed by atoms with van der Waals surface area (Å²) in [5, 5.41) is 5.36. The van der Waals surface area contributed by atoms with Gasteiger partial charge in [0.25, 0.3) is 5.91 Å². The van der Waals surface area contributed by atoms with Crippen LogP contribution in [-0.4, -0.2) is 49.9 Å². The molecule has 2 aromatic rings. The van der Waals surface area contributed by atoms with Crippen LogP contribution in [-0.2, 0) is 9.59 Å². The van der Waals surface area contributed by atoms with E-state index in [0.29, 0.717) is 11.3 Å². The number of methoxy groups -OCH3 is 1. The van der Waals surface area contributed by atoms with Gasteiger partial charge in [-0.2, -0.15) is 0 Å². The highest BCUT2D eigenvalue weighted by atomic mass is 16.5. The van der Waals surface area contributed by atoms with Gasteiger partial charge in [-0.3, -0.25) is 14.4 Å². The number of aryl methyl sites for hydroxylation is 1. The van der Waals surface area contributed by atoms with Gasteiger partial charge in [0.1, 0.15) is 5.75 Å². The number of nitrogens with zero attached hydrogens (tertiary/aromatic N) is 1. The van der Waals surface area contributed by atoms with E-state index in [1.165, 1.54) is 19.1 Å². The molecular formula is C21H25N3O4. The van der Waals surface area contributed by atoms with Crippen molar-refractivity contribution in [3.8, 4) is 5.75 Å². The molecule has 0 bridgehead atoms. The van der Waals surface area contributed by atoms with Crippen LogP contribution in [0.2, 0.25) is 0 Å². The second-order valence-electron chi connectivity index (χ2n) is 6.43. The van der Waals surface area contributed by atoms with Crippen molar-refractivity contribution < 1.29 is 19.1 Å². The number of hydrogen-bond acceptors (Lipinski definition) is 4. The van der Waals surface area contributed by atoms with Crippen LogP contribution in [0, 0.1) is 13.8 Å². The van der Waals surface area contributed by atoms with Crippen molar-refractivity contribution in [1.29, 1.82) is 0 Å². The minimum atomic E-state index is -0.418. The highest BCUT2D eigenvalue weighted by Gasteiger charge is 2.17. The molecular weight excluding hydrogens is 358 g/mol. The molecule has 0 atom stereocenters. The zero-order chi connectivity index (χ0) is 20.7. The first-order chi connectivity index (χ1) is 13.3. The normalized spacial score (nSPS) is 10.1. The number of nitrogens with one attached hydrogen (secondary N) is 2. The molecule has 28 heavy (non-hydrogen) atoms. The Labute approximate surface area is 164 Å². The fourth-order valence-corrected chi connectivity index (χ4v) is 2.60. The van der Waals surface area contributed by atoms with Crippen LogP contribution in [0.1, 0.15) is 21.5 Å². The van der Waals surface area contributed by atoms with Crippen molar-refractivity contribution in [2.75, 3.05) is 32.6 Å². The minimum Gasteiger partial charge on any atom is -0.496 e. The van der Waals surface area contributed by atoms with E-state index in [4.69, 9.17) is 4.74 Å². The van der Waals surface area contributed by atoms with E-state index >= 15 is 0 Å². The van der Waals surface area contributed by atoms with Gasteiger partial charge in [-0.1, -0.05) is 24.3 Å². The fourth-order valence-electron chi connectivity index (χ4n) is 2.60. The molecule has 0 aromatic heterocycles. The van der Waals surface area contributed by atoms with Crippen LogP contribution in [0.4, 0.5) is 5.69 Å². The van der Waals surface area contributed by atoms with Crippen LogP contribution >= 0.6 is 0 Å². The smallest absolute Gasteiger partial charge is 0.255 e. The van der Waals surface area contributed by atoms with Gasteiger partial charge >= 0.3 is 0 Å². The highest BCUT2D eigenvalue weighted by molar-refractivity contribution is 5.99. The van der Waals surface area contributed by atoms with Crippen molar-refractivity contribution in [3.05, 3.63) is 59.2 Å². The van der Waals surface area contributed by atoms with Gasteiger partial charge in [0.15, 0.2) is 0 Å². The van der Waals surface area contributed by atoms with Crippen LogP contribution in [0.3, 0.4) is 0 Å². The standard InChI is InChI=1S/C21H25N3O4/c1-14-8-7-10-17(15(14)2)23-19(25)13-24(3)20(26)12-22-21(27)16-9-5-6-11-18(16)28-4/h5-11H,12-13H2,1-4H3,(H,22,27)(H,23,25). The molecule has 148 valence electrons. The summed E-state index contributed by atoms with van der Waals surface area (Å²) in [5.74, 6) is -0.673. The van der Waals surface area contributed by atoms with Crippen LogP contribution in [0.15, 0.2) is 42.5 Å². The number of carbonyl (C=O) groups excluding carboxylic acids is 3. The Kier molecular flexibility index (Phi) is 7.14. The molecule has 0 unspecified atom stereocenters. The molecule has 2 N–H and O–H groups in total. The Morgan fingerprint density at radius 2 is 1.75 bits per heavy atom. The Hall–Kier alpha value is -3.35. The zero-order valence-corrected chi connectivity index (χ0v) is 16.5. The molecule has 7 nitrogen and oxygen atoms in total. The lowest BCUT2D eigenvalue weighted by Crippen LogP contribution is -2.41. The van der Waals surface area contributed by atoms with Gasteiger partial charge in [0.2, 0.25) is 11.8 Å². The Morgan fingerprint density at radius 3 is 2.46 bits per heavy atom. The average molecular weight is 383 g/mol. The molecule has 0 saturated heterocycles. The van der Waals surface area contributed by atoms with E-state index in [-0.39, 0.29) is 24.9 Å². The molecule has 0 fully saturated rings. The number of para-hydroxylation sites is 1. The van der Waals surface area contributed by atoms with Gasteiger partial charge < -0.3 is 20.3 Å². The van der Waals surface area contributed by atoms with Gasteiger partial charge in [0, 0.05) is 12.7 Å². The number of likely N-dealkylation sites (N-methyl/N-ethyl adjacent to an activating group) is 1. The molecule has 3 amide bonds. The summed E-state index contributed by atoms with van der Waals surface area (Å²) in [6.07, 6.45) is 0. The summed E-state index contributed by atoms with van der Waals surface area (Å²) in [7, 11) is 2.99. The number of anilines is 1. The van der Waals surface area contributed by atoms with Gasteiger partial charge in [-0.25, -0.2) is 0 Å². The maximum atomic E-state index is 12.2. The SMILES string of the molecule is COc1ccccc1C(=O)NCC(=O)N(C)CC(=O)Nc1cccc(C)c1C. The minimum absolute atomic E-state index is 0.114. The van der Waals surface area contributed by atoms with Crippen LogP contribution in [0.25, 0.3) is 0 Å². The van der Waals surface area contributed by atoms with E-state index in [1.54, 1.807) is 24.3 Å². The van der Waals surface area contributed by atoms with E-state index in [2.05, 4.69) is 10.6 Å². The van der Waals surface area contributed by atoms with E-state index in [9.17, 15) is 14.4 Å². The van der Waals surface area contributed by atoms with Crippen molar-refractivity contribution in [2.24, 2.45) is 0 Å². The Bertz CT molecular complexity index is 880. The largest absolute Gasteiger partial charge is 0.496 e. The van der Waals surface area contributed by atoms with Gasteiger partial charge in [-0.05, 0) is 43.2 Å². The number of amides is 3. The number of rotatable bonds is 7. The Balaban J connectivity index is 1.87. The average Bonchev–Trinajstić information content (AvgIpc) is 2.69. The summed E-state index contributed by atoms with van der Waals surface area (Å²) in [5.41, 5.74) is 3.11. The lowest BCUT2D eigenvalue weighted by Gasteiger charge is -2.18. The first-order valence-electron chi connectivity index (χ1n) is 8.84. The number of benzene rings is 2. The molecule has 0 aliphatic carbocycles. The summed E-state index contributed by atoms with van der Waals surface area (Å²) in [6, 6.07) is 12.4. The lowest BCUT2D eigenvalue weighted by molar-refractivity contribution is -0.132. The first-order valence-corrected chi connectivity index (χ1v) is 8.84. The quantitative estimate of drug-likeness (QED) is 0.767. The third-order valence-corrected chi connectivity index (χ3v) is 4.44. The van der Waals surface area contributed by atoms with Crippen molar-refractivity contribution in [1.82, 2.24) is 10.2 Å². The molecule has 0 aliphatic heterocycles. The molecule has 0 spiro atoms. The molecule has 2 aromatic carbocycles. The maximum absolute atomic E-state index is 12.2. The molecule has 2 rings (SSSR count). The molecule has 0 saturated carbocycles. The third kappa shape index (κ3) is 5.33. The second-order valence-corrected chi connectivity index (χ2v) is 6.43. The zero-order valence-electron chi connectivity index (χ0n) is 16.5. The summed E-state index contributed by atoms with van der Waals surface area (Å²) in [6.45, 7) is 3.55. The monoisotopic (exact) mass is 383 g/mol. The summed E-state index contributed by atoms with van der Waals surface area (Å²) in [4.78, 5) is 38.0. The van der Waals surface area contributed by atoms with E-state index in [1.807, 2.05) is 32.0 Å². The van der Waals surface area contributed by atoms with Crippen LogP contribution in [0.5, 0.6) is 5.75 Å². The topological polar surface area (TPSA) is 87.7 Å². The molecule has 7 heteroatoms. The first kappa shape index (κ1) is 21.0. The van der Waals surface area contributed by atoms with Gasteiger partial charge in [-0.15, -0.1) is 0 Å². The van der Waals surface area contributed by atoms with Crippen molar-refractivity contribution in [3.63, 3.8) is 0 Å². The molecule has 0 aliphatic rings. The van der Waals surface area contributed by atoms with Gasteiger partial charge in [0.05, 0.1) is 25.8 Å². The highest BCUT2D eigenvalue weighted by Crippen LogP contribution is 2.18. The third-order valence-electron chi connectivity index (χ3n) is 4.44. The number of hydrogen-bond donors (Lipinski definition) is 2. The predicted octanol–water partition coefficient (Wildman–Crippen LogP) is 2.14. The molecule has 0 heterocycles. The second kappa shape index (κ2) is 9.55. The number of carbonyl (C=O) groups is 3. The summed E-state index contributed by atoms with van der Waals surface area (Å²) >= 11 is 0. The van der Waals surface area contributed by atoms with E-state index in [0.717, 1.165) is 16.8 Å². The fraction of sp³-hybridized carbons (Fsp3) is 0.286. The maximum Gasteiger partial charge on any atom is 0.255 e. The molecule has 0 radical (unpaired) electrons. The van der Waals surface area contributed by atoms with E-state index < -0.39 is 5.91 Å². The van der Waals surface area contributed by atoms with Crippen LogP contribution < -0.4 is 15.4 Å². The Morgan fingerprint density at radius 1 is 1.04 bits per heavy atom. The summed E-state index contributed by atoms with van der Waals surface area (Å²) < 4.78 is 5.14.